The number of carbonyl (C=O) groups is 1. The summed E-state index contributed by atoms with van der Waals surface area (Å²) in [7, 11) is 0. The summed E-state index contributed by atoms with van der Waals surface area (Å²) >= 11 is 0. The smallest absolute Gasteiger partial charge is 0.260 e. The molecule has 3 rings (SSSR count). The van der Waals surface area contributed by atoms with Gasteiger partial charge in [0.05, 0.1) is 0 Å². The molecule has 1 heterocycles. The fourth-order valence-corrected chi connectivity index (χ4v) is 2.02. The van der Waals surface area contributed by atoms with Gasteiger partial charge in [-0.1, -0.05) is 30.3 Å². The van der Waals surface area contributed by atoms with Crippen molar-refractivity contribution in [1.82, 2.24) is 4.98 Å². The summed E-state index contributed by atoms with van der Waals surface area (Å²) in [6.07, 6.45) is 1.06. The molecule has 1 saturated carbocycles. The van der Waals surface area contributed by atoms with Gasteiger partial charge in [0.1, 0.15) is 24.1 Å². The lowest BCUT2D eigenvalue weighted by Gasteiger charge is -2.08. The van der Waals surface area contributed by atoms with E-state index in [4.69, 9.17) is 4.74 Å². The number of ether oxygens (including phenoxy) is 1. The number of anilines is 1. The molecule has 1 aliphatic rings. The second-order valence-electron chi connectivity index (χ2n) is 5.16. The summed E-state index contributed by atoms with van der Waals surface area (Å²) < 4.78 is 31.3. The normalized spacial score (nSPS) is 18.5. The zero-order valence-electron chi connectivity index (χ0n) is 11.6. The first-order chi connectivity index (χ1) is 10.5. The number of hydrogen-bond acceptors (Lipinski definition) is 3. The minimum Gasteiger partial charge on any atom is -0.489 e. The number of aromatic nitrogens is 1. The first-order valence-electron chi connectivity index (χ1n) is 6.86. The lowest BCUT2D eigenvalue weighted by atomic mass is 10.2. The Kier molecular flexibility index (Phi) is 3.75. The van der Waals surface area contributed by atoms with E-state index in [1.54, 1.807) is 6.07 Å². The number of halogens is 2. The molecule has 0 spiro atoms. The highest BCUT2D eigenvalue weighted by atomic mass is 19.3. The Labute approximate surface area is 126 Å². The molecule has 0 saturated heterocycles. The molecule has 1 aromatic carbocycles. The van der Waals surface area contributed by atoms with Gasteiger partial charge in [-0.15, -0.1) is 0 Å². The Morgan fingerprint density at radius 1 is 1.32 bits per heavy atom. The SMILES string of the molecule is O=C(Nc1cc(OCc2ccccc2)ccn1)C1CC1(F)F. The summed E-state index contributed by atoms with van der Waals surface area (Å²) in [6, 6.07) is 12.8. The van der Waals surface area contributed by atoms with Crippen LogP contribution in [0.25, 0.3) is 0 Å². The van der Waals surface area contributed by atoms with Gasteiger partial charge in [0.25, 0.3) is 5.92 Å². The molecule has 4 nitrogen and oxygen atoms in total. The third-order valence-electron chi connectivity index (χ3n) is 3.37. The van der Waals surface area contributed by atoms with E-state index in [1.165, 1.54) is 12.3 Å². The summed E-state index contributed by atoms with van der Waals surface area (Å²) in [5.41, 5.74) is 1.00. The van der Waals surface area contributed by atoms with E-state index in [2.05, 4.69) is 10.3 Å². The Morgan fingerprint density at radius 2 is 2.05 bits per heavy atom. The number of nitrogens with one attached hydrogen (secondary N) is 1. The van der Waals surface area contributed by atoms with Crippen molar-refractivity contribution in [2.75, 3.05) is 5.32 Å². The molecule has 1 atom stereocenters. The van der Waals surface area contributed by atoms with Gasteiger partial charge in [-0.3, -0.25) is 4.79 Å². The van der Waals surface area contributed by atoms with Crippen molar-refractivity contribution in [2.24, 2.45) is 5.92 Å². The van der Waals surface area contributed by atoms with Crippen LogP contribution in [0.1, 0.15) is 12.0 Å². The number of amides is 1. The zero-order chi connectivity index (χ0) is 15.6. The molecule has 0 aliphatic heterocycles. The Morgan fingerprint density at radius 3 is 2.73 bits per heavy atom. The maximum atomic E-state index is 12.8. The third kappa shape index (κ3) is 3.39. The molecular formula is C16H14F2N2O2. The molecule has 6 heteroatoms. The Bertz CT molecular complexity index is 677. The van der Waals surface area contributed by atoms with Crippen LogP contribution in [0.3, 0.4) is 0 Å². The molecule has 1 amide bonds. The van der Waals surface area contributed by atoms with Crippen LogP contribution < -0.4 is 10.1 Å². The molecule has 0 radical (unpaired) electrons. The van der Waals surface area contributed by atoms with Crippen molar-refractivity contribution in [1.29, 1.82) is 0 Å². The van der Waals surface area contributed by atoms with Crippen molar-refractivity contribution in [3.8, 4) is 5.75 Å². The van der Waals surface area contributed by atoms with E-state index in [1.807, 2.05) is 30.3 Å². The fourth-order valence-electron chi connectivity index (χ4n) is 2.02. The number of carbonyl (C=O) groups excluding carboxylic acids is 1. The summed E-state index contributed by atoms with van der Waals surface area (Å²) in [5.74, 6) is -4.12. The van der Waals surface area contributed by atoms with Gasteiger partial charge >= 0.3 is 0 Å². The highest BCUT2D eigenvalue weighted by Gasteiger charge is 2.61. The molecule has 2 aromatic rings. The standard InChI is InChI=1S/C16H14F2N2O2/c17-16(18)9-13(16)15(21)20-14-8-12(6-7-19-14)22-10-11-4-2-1-3-5-11/h1-8,13H,9-10H2,(H,19,20,21). The largest absolute Gasteiger partial charge is 0.489 e. The zero-order valence-corrected chi connectivity index (χ0v) is 11.6. The van der Waals surface area contributed by atoms with Gasteiger partial charge in [0.15, 0.2) is 0 Å². The highest BCUT2D eigenvalue weighted by Crippen LogP contribution is 2.49. The first-order valence-corrected chi connectivity index (χ1v) is 6.86. The second-order valence-corrected chi connectivity index (χ2v) is 5.16. The van der Waals surface area contributed by atoms with Crippen molar-refractivity contribution < 1.29 is 18.3 Å². The van der Waals surface area contributed by atoms with Gasteiger partial charge in [-0.2, -0.15) is 0 Å². The number of benzene rings is 1. The number of pyridine rings is 1. The van der Waals surface area contributed by atoms with Gasteiger partial charge in [0, 0.05) is 18.7 Å². The van der Waals surface area contributed by atoms with Gasteiger partial charge in [0.2, 0.25) is 5.91 Å². The highest BCUT2D eigenvalue weighted by molar-refractivity contribution is 5.94. The van der Waals surface area contributed by atoms with E-state index in [0.717, 1.165) is 5.56 Å². The van der Waals surface area contributed by atoms with Crippen LogP contribution in [0.2, 0.25) is 0 Å². The van der Waals surface area contributed by atoms with Crippen molar-refractivity contribution in [3.05, 3.63) is 54.2 Å². The molecule has 1 aliphatic carbocycles. The average molecular weight is 304 g/mol. The summed E-state index contributed by atoms with van der Waals surface area (Å²) in [6.45, 7) is 0.374. The van der Waals surface area contributed by atoms with Gasteiger partial charge in [-0.05, 0) is 11.6 Å². The quantitative estimate of drug-likeness (QED) is 0.922. The summed E-state index contributed by atoms with van der Waals surface area (Å²) in [5, 5.41) is 2.39. The fraction of sp³-hybridized carbons (Fsp3) is 0.250. The Hall–Kier alpha value is -2.50. The number of alkyl halides is 2. The monoisotopic (exact) mass is 304 g/mol. The molecule has 114 valence electrons. The molecule has 0 bridgehead atoms. The van der Waals surface area contributed by atoms with E-state index in [9.17, 15) is 13.6 Å². The summed E-state index contributed by atoms with van der Waals surface area (Å²) in [4.78, 5) is 15.5. The van der Waals surface area contributed by atoms with Crippen molar-refractivity contribution in [2.45, 2.75) is 19.0 Å². The van der Waals surface area contributed by atoms with Crippen LogP contribution in [0.4, 0.5) is 14.6 Å². The van der Waals surface area contributed by atoms with Crippen LogP contribution in [0.15, 0.2) is 48.7 Å². The lowest BCUT2D eigenvalue weighted by molar-refractivity contribution is -0.119. The van der Waals surface area contributed by atoms with Crippen molar-refractivity contribution >= 4 is 11.7 Å². The predicted octanol–water partition coefficient (Wildman–Crippen LogP) is 3.25. The molecule has 1 N–H and O–H groups in total. The van der Waals surface area contributed by atoms with Crippen LogP contribution in [-0.4, -0.2) is 16.8 Å². The van der Waals surface area contributed by atoms with E-state index < -0.39 is 24.2 Å². The van der Waals surface area contributed by atoms with Crippen LogP contribution >= 0.6 is 0 Å². The minimum absolute atomic E-state index is 0.207. The maximum absolute atomic E-state index is 12.8. The maximum Gasteiger partial charge on any atom is 0.260 e. The predicted molar refractivity (Wildman–Crippen MR) is 76.7 cm³/mol. The number of hydrogen-bond donors (Lipinski definition) is 1. The Balaban J connectivity index is 1.59. The first kappa shape index (κ1) is 14.4. The average Bonchev–Trinajstić information content (AvgIpc) is 3.16. The molecular weight excluding hydrogens is 290 g/mol. The molecule has 1 aromatic heterocycles. The van der Waals surface area contributed by atoms with Gasteiger partial charge in [-0.25, -0.2) is 13.8 Å². The van der Waals surface area contributed by atoms with E-state index in [-0.39, 0.29) is 5.82 Å². The molecule has 1 fully saturated rings. The van der Waals surface area contributed by atoms with Crippen molar-refractivity contribution in [3.63, 3.8) is 0 Å². The lowest BCUT2D eigenvalue weighted by Crippen LogP contribution is -2.18. The van der Waals surface area contributed by atoms with E-state index >= 15 is 0 Å². The molecule has 1 unspecified atom stereocenters. The molecule has 22 heavy (non-hydrogen) atoms. The number of nitrogens with zero attached hydrogens (tertiary/aromatic N) is 1. The van der Waals surface area contributed by atoms with Crippen LogP contribution in [0, 0.1) is 5.92 Å². The second kappa shape index (κ2) is 5.71. The number of rotatable bonds is 5. The van der Waals surface area contributed by atoms with Gasteiger partial charge < -0.3 is 10.1 Å². The minimum atomic E-state index is -2.88. The third-order valence-corrected chi connectivity index (χ3v) is 3.37. The van der Waals surface area contributed by atoms with E-state index in [0.29, 0.717) is 12.4 Å². The van der Waals surface area contributed by atoms with Crippen LogP contribution in [-0.2, 0) is 11.4 Å². The topological polar surface area (TPSA) is 51.2 Å². The van der Waals surface area contributed by atoms with Crippen LogP contribution in [0.5, 0.6) is 5.75 Å².